The molecule has 3 aliphatic rings. The Bertz CT molecular complexity index is 1180. The molecule has 6 rings (SSSR count). The Balaban J connectivity index is 0.000000158. The van der Waals surface area contributed by atoms with Crippen molar-refractivity contribution in [1.29, 1.82) is 0 Å². The fourth-order valence-corrected chi connectivity index (χ4v) is 6.88. The van der Waals surface area contributed by atoms with Gasteiger partial charge in [-0.1, -0.05) is 49.6 Å². The largest absolute Gasteiger partial charge is 0.480 e. The van der Waals surface area contributed by atoms with Gasteiger partial charge in [-0.05, 0) is 95.2 Å². The summed E-state index contributed by atoms with van der Waals surface area (Å²) in [5, 5.41) is 9.70. The van der Waals surface area contributed by atoms with Crippen LogP contribution in [-0.4, -0.2) is 74.7 Å². The second-order valence-electron chi connectivity index (χ2n) is 11.5. The molecule has 3 aromatic rings. The number of aryl methyl sites for hydroxylation is 1. The van der Waals surface area contributed by atoms with Gasteiger partial charge >= 0.3 is 5.97 Å². The van der Waals surface area contributed by atoms with E-state index in [0.29, 0.717) is 17.9 Å². The van der Waals surface area contributed by atoms with Crippen LogP contribution in [0.4, 0.5) is 0 Å². The first kappa shape index (κ1) is 26.8. The average molecular weight is 518 g/mol. The van der Waals surface area contributed by atoms with Crippen LogP contribution in [0.2, 0.25) is 0 Å². The maximum Gasteiger partial charge on any atom is 0.321 e. The summed E-state index contributed by atoms with van der Waals surface area (Å²) in [4.78, 5) is 25.5. The van der Waals surface area contributed by atoms with Crippen LogP contribution in [0.25, 0.3) is 11.2 Å². The summed E-state index contributed by atoms with van der Waals surface area (Å²) in [6, 6.07) is 14.8. The molecule has 0 spiro atoms. The second-order valence-corrected chi connectivity index (χ2v) is 11.5. The molecule has 3 fully saturated rings. The summed E-state index contributed by atoms with van der Waals surface area (Å²) in [5.41, 5.74) is 3.41. The Hall–Kier alpha value is -2.77. The van der Waals surface area contributed by atoms with Gasteiger partial charge in [-0.25, -0.2) is 9.97 Å². The number of piperidine rings is 1. The van der Waals surface area contributed by atoms with Crippen molar-refractivity contribution in [1.82, 2.24) is 24.3 Å². The summed E-state index contributed by atoms with van der Waals surface area (Å²) >= 11 is 0. The van der Waals surface area contributed by atoms with E-state index >= 15 is 0 Å². The molecule has 7 heteroatoms. The number of carboxylic acids is 1. The molecule has 0 amide bonds. The number of fused-ring (bicyclic) bond motifs is 1. The molecule has 2 unspecified atom stereocenters. The van der Waals surface area contributed by atoms with E-state index in [0.717, 1.165) is 62.4 Å². The highest BCUT2D eigenvalue weighted by Crippen LogP contribution is 2.34. The van der Waals surface area contributed by atoms with Crippen LogP contribution in [-0.2, 0) is 4.79 Å². The van der Waals surface area contributed by atoms with Gasteiger partial charge in [0.2, 0.25) is 0 Å². The lowest BCUT2D eigenvalue weighted by Crippen LogP contribution is -2.45. The molecule has 1 N–H and O–H groups in total. The van der Waals surface area contributed by atoms with Crippen molar-refractivity contribution in [2.24, 2.45) is 5.92 Å². The Labute approximate surface area is 226 Å². The summed E-state index contributed by atoms with van der Waals surface area (Å²) in [6.45, 7) is 6.23. The molecule has 2 saturated heterocycles. The number of hydrogen-bond acceptors (Lipinski definition) is 5. The molecule has 4 heterocycles. The molecule has 1 aliphatic carbocycles. The van der Waals surface area contributed by atoms with Gasteiger partial charge in [-0.3, -0.25) is 9.69 Å². The number of aromatic nitrogens is 3. The number of hydrogen-bond donors (Lipinski definition) is 1. The van der Waals surface area contributed by atoms with Crippen LogP contribution in [0.1, 0.15) is 74.7 Å². The van der Waals surface area contributed by atoms with Crippen LogP contribution in [0, 0.1) is 12.8 Å². The summed E-state index contributed by atoms with van der Waals surface area (Å²) in [5.74, 6) is 1.33. The molecule has 0 bridgehead atoms. The maximum atomic E-state index is 11.8. The second kappa shape index (κ2) is 12.4. The number of imidazole rings is 1. The molecule has 2 aromatic heterocycles. The molecule has 1 saturated carbocycles. The number of pyridine rings is 1. The van der Waals surface area contributed by atoms with Crippen LogP contribution in [0.3, 0.4) is 0 Å². The Morgan fingerprint density at radius 1 is 0.947 bits per heavy atom. The van der Waals surface area contributed by atoms with E-state index in [4.69, 9.17) is 0 Å². The predicted octanol–water partition coefficient (Wildman–Crippen LogP) is 5.52. The van der Waals surface area contributed by atoms with Gasteiger partial charge in [0.05, 0.1) is 0 Å². The minimum Gasteiger partial charge on any atom is -0.480 e. The van der Waals surface area contributed by atoms with Crippen molar-refractivity contribution >= 4 is 17.1 Å². The number of likely N-dealkylation sites (tertiary alicyclic amines) is 2. The molecule has 38 heavy (non-hydrogen) atoms. The Morgan fingerprint density at radius 3 is 2.39 bits per heavy atom. The monoisotopic (exact) mass is 517 g/mol. The van der Waals surface area contributed by atoms with Crippen LogP contribution >= 0.6 is 0 Å². The normalized spacial score (nSPS) is 22.7. The Kier molecular flexibility index (Phi) is 8.75. The van der Waals surface area contributed by atoms with Crippen molar-refractivity contribution < 1.29 is 9.90 Å². The quantitative estimate of drug-likeness (QED) is 0.481. The Morgan fingerprint density at radius 2 is 1.68 bits per heavy atom. The smallest absolute Gasteiger partial charge is 0.321 e. The zero-order chi connectivity index (χ0) is 26.5. The van der Waals surface area contributed by atoms with Crippen molar-refractivity contribution in [3.63, 3.8) is 0 Å². The van der Waals surface area contributed by atoms with Gasteiger partial charge in [-0.15, -0.1) is 0 Å². The minimum atomic E-state index is -0.615. The van der Waals surface area contributed by atoms with E-state index in [1.54, 1.807) is 0 Å². The molecule has 7 nitrogen and oxygen atoms in total. The number of carbonyl (C=O) groups is 1. The van der Waals surface area contributed by atoms with E-state index in [1.165, 1.54) is 37.7 Å². The summed E-state index contributed by atoms with van der Waals surface area (Å²) in [6.07, 6.45) is 11.2. The van der Waals surface area contributed by atoms with Gasteiger partial charge in [0, 0.05) is 18.8 Å². The minimum absolute atomic E-state index is 0.265. The predicted molar refractivity (Wildman–Crippen MR) is 151 cm³/mol. The third-order valence-corrected chi connectivity index (χ3v) is 8.91. The standard InChI is InChI=1S/C18H25NO2.C13H18N4/c20-18(21)17(15-9-5-2-6-10-15)19-12-11-16(13-19)14-7-3-1-4-8-14;1-10-15-12-4-3-7-14-13(12)17(10)11-5-8-16(2)9-6-11/h1,3-4,7-8,15-17H,2,5-6,9-13H2,(H,20,21);3-4,7,11H,5-6,8-9H2,1-2H3. The highest BCUT2D eigenvalue weighted by molar-refractivity contribution is 5.74. The number of aliphatic carboxylic acids is 1. The lowest BCUT2D eigenvalue weighted by molar-refractivity contribution is -0.145. The summed E-state index contributed by atoms with van der Waals surface area (Å²) in [7, 11) is 2.19. The van der Waals surface area contributed by atoms with Crippen molar-refractivity contribution in [2.75, 3.05) is 33.2 Å². The highest BCUT2D eigenvalue weighted by Gasteiger charge is 2.38. The maximum absolute atomic E-state index is 11.8. The van der Waals surface area contributed by atoms with Gasteiger partial charge < -0.3 is 14.6 Å². The third kappa shape index (κ3) is 6.10. The van der Waals surface area contributed by atoms with Crippen molar-refractivity contribution in [3.8, 4) is 0 Å². The van der Waals surface area contributed by atoms with E-state index < -0.39 is 5.97 Å². The molecular formula is C31H43N5O2. The van der Waals surface area contributed by atoms with Crippen LogP contribution < -0.4 is 0 Å². The molecule has 2 aliphatic heterocycles. The molecule has 204 valence electrons. The number of rotatable bonds is 5. The fraction of sp³-hybridized carbons (Fsp3) is 0.581. The first-order valence-corrected chi connectivity index (χ1v) is 14.5. The highest BCUT2D eigenvalue weighted by atomic mass is 16.4. The molecule has 0 radical (unpaired) electrons. The zero-order valence-corrected chi connectivity index (χ0v) is 23.0. The van der Waals surface area contributed by atoms with Gasteiger partial charge in [0.15, 0.2) is 5.65 Å². The SMILES string of the molecule is Cc1nc2cccnc2n1C1CCN(C)CC1.O=C(O)C(C1CCCCC1)N1CCC(c2ccccc2)C1. The van der Waals surface area contributed by atoms with Crippen LogP contribution in [0.5, 0.6) is 0 Å². The van der Waals surface area contributed by atoms with Gasteiger partial charge in [0.1, 0.15) is 17.4 Å². The zero-order valence-electron chi connectivity index (χ0n) is 23.0. The molecule has 2 atom stereocenters. The topological polar surface area (TPSA) is 74.5 Å². The molecular weight excluding hydrogens is 474 g/mol. The number of carboxylic acid groups (broad SMARTS) is 1. The van der Waals surface area contributed by atoms with E-state index in [-0.39, 0.29) is 6.04 Å². The average Bonchev–Trinajstić information content (AvgIpc) is 3.55. The van der Waals surface area contributed by atoms with Crippen molar-refractivity contribution in [2.45, 2.75) is 76.3 Å². The van der Waals surface area contributed by atoms with Gasteiger partial charge in [0.25, 0.3) is 0 Å². The van der Waals surface area contributed by atoms with E-state index in [9.17, 15) is 9.90 Å². The lowest BCUT2D eigenvalue weighted by Gasteiger charge is -2.33. The first-order chi connectivity index (χ1) is 18.5. The van der Waals surface area contributed by atoms with Crippen LogP contribution in [0.15, 0.2) is 48.7 Å². The number of benzene rings is 1. The number of nitrogens with zero attached hydrogens (tertiary/aromatic N) is 5. The van der Waals surface area contributed by atoms with E-state index in [2.05, 4.69) is 62.6 Å². The first-order valence-electron chi connectivity index (χ1n) is 14.5. The summed E-state index contributed by atoms with van der Waals surface area (Å²) < 4.78 is 2.32. The lowest BCUT2D eigenvalue weighted by atomic mass is 9.83. The third-order valence-electron chi connectivity index (χ3n) is 8.91. The van der Waals surface area contributed by atoms with Crippen molar-refractivity contribution in [3.05, 3.63) is 60.0 Å². The van der Waals surface area contributed by atoms with Gasteiger partial charge in [-0.2, -0.15) is 0 Å². The van der Waals surface area contributed by atoms with E-state index in [1.807, 2.05) is 24.4 Å². The fourth-order valence-electron chi connectivity index (χ4n) is 6.88. The molecule has 1 aromatic carbocycles.